The molecule has 5 heteroatoms. The van der Waals surface area contributed by atoms with E-state index in [0.717, 1.165) is 12.8 Å². The van der Waals surface area contributed by atoms with Gasteiger partial charge in [-0.25, -0.2) is 4.98 Å². The minimum absolute atomic E-state index is 0.155. The van der Waals surface area contributed by atoms with Crippen molar-refractivity contribution in [2.45, 2.75) is 37.8 Å². The van der Waals surface area contributed by atoms with Crippen LogP contribution in [0.5, 0.6) is 0 Å². The quantitative estimate of drug-likeness (QED) is 0.723. The molecule has 1 saturated carbocycles. The Balaban J connectivity index is 2.07. The molecule has 0 bridgehead atoms. The normalized spacial score (nSPS) is 24.3. The number of primary amides is 1. The highest BCUT2D eigenvalue weighted by Crippen LogP contribution is 2.20. The molecule has 1 amide bonds. The highest BCUT2D eigenvalue weighted by atomic mass is 16.1. The molecular weight excluding hydrogens is 216 g/mol. The number of carbonyl (C=O) groups is 1. The van der Waals surface area contributed by atoms with Crippen LogP contribution in [0.15, 0.2) is 18.3 Å². The summed E-state index contributed by atoms with van der Waals surface area (Å²) in [6.45, 7) is 0. The maximum atomic E-state index is 11.1. The highest BCUT2D eigenvalue weighted by Gasteiger charge is 2.21. The van der Waals surface area contributed by atoms with Crippen molar-refractivity contribution in [2.75, 3.05) is 5.32 Å². The van der Waals surface area contributed by atoms with Gasteiger partial charge < -0.3 is 16.8 Å². The largest absolute Gasteiger partial charge is 0.366 e. The van der Waals surface area contributed by atoms with E-state index in [1.54, 1.807) is 18.3 Å². The lowest BCUT2D eigenvalue weighted by atomic mass is 9.91. The SMILES string of the molecule is NC(=O)c1ccnc(NC2CCCCC2N)c1. The molecule has 17 heavy (non-hydrogen) atoms. The molecule has 2 rings (SSSR count). The molecule has 2 atom stereocenters. The lowest BCUT2D eigenvalue weighted by Crippen LogP contribution is -2.42. The molecule has 0 spiro atoms. The van der Waals surface area contributed by atoms with Crippen molar-refractivity contribution in [2.24, 2.45) is 11.5 Å². The Kier molecular flexibility index (Phi) is 3.58. The number of rotatable bonds is 3. The summed E-state index contributed by atoms with van der Waals surface area (Å²) in [5, 5.41) is 3.28. The summed E-state index contributed by atoms with van der Waals surface area (Å²) in [6.07, 6.45) is 6.03. The van der Waals surface area contributed by atoms with Gasteiger partial charge in [-0.2, -0.15) is 0 Å². The van der Waals surface area contributed by atoms with Crippen LogP contribution in [-0.2, 0) is 0 Å². The summed E-state index contributed by atoms with van der Waals surface area (Å²) in [4.78, 5) is 15.2. The van der Waals surface area contributed by atoms with Crippen molar-refractivity contribution in [3.63, 3.8) is 0 Å². The topological polar surface area (TPSA) is 94.0 Å². The predicted molar refractivity (Wildman–Crippen MR) is 66.6 cm³/mol. The Labute approximate surface area is 101 Å². The van der Waals surface area contributed by atoms with Crippen molar-refractivity contribution in [1.82, 2.24) is 4.98 Å². The number of hydrogen-bond donors (Lipinski definition) is 3. The van der Waals surface area contributed by atoms with Crippen molar-refractivity contribution in [3.8, 4) is 0 Å². The van der Waals surface area contributed by atoms with Gasteiger partial charge >= 0.3 is 0 Å². The van der Waals surface area contributed by atoms with E-state index in [1.807, 2.05) is 0 Å². The smallest absolute Gasteiger partial charge is 0.248 e. The molecule has 1 aromatic rings. The van der Waals surface area contributed by atoms with E-state index in [-0.39, 0.29) is 12.1 Å². The van der Waals surface area contributed by atoms with Crippen LogP contribution in [0, 0.1) is 0 Å². The van der Waals surface area contributed by atoms with Crippen LogP contribution in [0.25, 0.3) is 0 Å². The Hall–Kier alpha value is -1.62. The third kappa shape index (κ3) is 2.94. The number of anilines is 1. The molecule has 2 unspecified atom stereocenters. The first-order valence-corrected chi connectivity index (χ1v) is 5.95. The van der Waals surface area contributed by atoms with Gasteiger partial charge in [0.05, 0.1) is 0 Å². The number of amides is 1. The molecule has 1 heterocycles. The Morgan fingerprint density at radius 1 is 1.41 bits per heavy atom. The van der Waals surface area contributed by atoms with Gasteiger partial charge in [0.15, 0.2) is 0 Å². The van der Waals surface area contributed by atoms with Gasteiger partial charge in [0.1, 0.15) is 5.82 Å². The number of nitrogens with two attached hydrogens (primary N) is 2. The van der Waals surface area contributed by atoms with Crippen LogP contribution in [0.4, 0.5) is 5.82 Å². The fraction of sp³-hybridized carbons (Fsp3) is 0.500. The molecule has 5 N–H and O–H groups in total. The molecule has 0 aromatic carbocycles. The van der Waals surface area contributed by atoms with Crippen molar-refractivity contribution < 1.29 is 4.79 Å². The zero-order valence-corrected chi connectivity index (χ0v) is 9.73. The standard InChI is InChI=1S/C12H18N4O/c13-9-3-1-2-4-10(9)16-11-7-8(12(14)17)5-6-15-11/h5-7,9-10H,1-4,13H2,(H2,14,17)(H,15,16). The van der Waals surface area contributed by atoms with Gasteiger partial charge in [-0.05, 0) is 25.0 Å². The molecule has 1 aliphatic rings. The minimum atomic E-state index is -0.441. The van der Waals surface area contributed by atoms with Crippen LogP contribution in [0.1, 0.15) is 36.0 Å². The number of pyridine rings is 1. The molecular formula is C12H18N4O. The summed E-state index contributed by atoms with van der Waals surface area (Å²) in [7, 11) is 0. The average molecular weight is 234 g/mol. The molecule has 92 valence electrons. The first-order valence-electron chi connectivity index (χ1n) is 5.95. The molecule has 0 radical (unpaired) electrons. The van der Waals surface area contributed by atoms with Crippen molar-refractivity contribution in [1.29, 1.82) is 0 Å². The predicted octanol–water partition coefficient (Wildman–Crippen LogP) is 0.862. The van der Waals surface area contributed by atoms with Crippen molar-refractivity contribution in [3.05, 3.63) is 23.9 Å². The van der Waals surface area contributed by atoms with Crippen LogP contribution in [0.3, 0.4) is 0 Å². The number of carbonyl (C=O) groups excluding carboxylic acids is 1. The monoisotopic (exact) mass is 234 g/mol. The summed E-state index contributed by atoms with van der Waals surface area (Å²) >= 11 is 0. The lowest BCUT2D eigenvalue weighted by molar-refractivity contribution is 0.1000. The first kappa shape index (κ1) is 11.9. The summed E-state index contributed by atoms with van der Waals surface area (Å²) < 4.78 is 0. The average Bonchev–Trinajstić information content (AvgIpc) is 2.32. The summed E-state index contributed by atoms with van der Waals surface area (Å²) in [5.74, 6) is 0.229. The first-order chi connectivity index (χ1) is 8.16. The zero-order valence-electron chi connectivity index (χ0n) is 9.73. The van der Waals surface area contributed by atoms with E-state index < -0.39 is 5.91 Å². The summed E-state index contributed by atoms with van der Waals surface area (Å²) in [5.41, 5.74) is 11.7. The molecule has 0 saturated heterocycles. The van der Waals surface area contributed by atoms with Crippen LogP contribution >= 0.6 is 0 Å². The van der Waals surface area contributed by atoms with E-state index in [1.165, 1.54) is 12.8 Å². The Bertz CT molecular complexity index is 407. The minimum Gasteiger partial charge on any atom is -0.366 e. The number of aromatic nitrogens is 1. The third-order valence-electron chi connectivity index (χ3n) is 3.20. The van der Waals surface area contributed by atoms with Crippen LogP contribution < -0.4 is 16.8 Å². The van der Waals surface area contributed by atoms with Gasteiger partial charge in [0.25, 0.3) is 0 Å². The Morgan fingerprint density at radius 2 is 2.18 bits per heavy atom. The molecule has 1 fully saturated rings. The van der Waals surface area contributed by atoms with E-state index >= 15 is 0 Å². The highest BCUT2D eigenvalue weighted by molar-refractivity contribution is 5.93. The second-order valence-electron chi connectivity index (χ2n) is 4.49. The fourth-order valence-corrected chi connectivity index (χ4v) is 2.19. The second kappa shape index (κ2) is 5.14. The molecule has 1 aliphatic carbocycles. The Morgan fingerprint density at radius 3 is 2.88 bits per heavy atom. The van der Waals surface area contributed by atoms with Gasteiger partial charge in [0, 0.05) is 23.8 Å². The number of nitrogens with one attached hydrogen (secondary N) is 1. The zero-order chi connectivity index (χ0) is 12.3. The molecule has 0 aliphatic heterocycles. The number of hydrogen-bond acceptors (Lipinski definition) is 4. The van der Waals surface area contributed by atoms with Gasteiger partial charge in [0.2, 0.25) is 5.91 Å². The maximum absolute atomic E-state index is 11.1. The van der Waals surface area contributed by atoms with Crippen molar-refractivity contribution >= 4 is 11.7 Å². The number of nitrogens with zero attached hydrogens (tertiary/aromatic N) is 1. The van der Waals surface area contributed by atoms with E-state index in [2.05, 4.69) is 10.3 Å². The maximum Gasteiger partial charge on any atom is 0.248 e. The molecule has 1 aromatic heterocycles. The summed E-state index contributed by atoms with van der Waals surface area (Å²) in [6, 6.07) is 3.67. The van der Waals surface area contributed by atoms with E-state index in [0.29, 0.717) is 11.4 Å². The van der Waals surface area contributed by atoms with Gasteiger partial charge in [-0.15, -0.1) is 0 Å². The van der Waals surface area contributed by atoms with Crippen LogP contribution in [-0.4, -0.2) is 23.0 Å². The fourth-order valence-electron chi connectivity index (χ4n) is 2.19. The molecule has 5 nitrogen and oxygen atoms in total. The van der Waals surface area contributed by atoms with Gasteiger partial charge in [-0.3, -0.25) is 4.79 Å². The third-order valence-corrected chi connectivity index (χ3v) is 3.20. The lowest BCUT2D eigenvalue weighted by Gasteiger charge is -2.29. The van der Waals surface area contributed by atoms with E-state index in [4.69, 9.17) is 11.5 Å². The van der Waals surface area contributed by atoms with Crippen LogP contribution in [0.2, 0.25) is 0 Å². The van der Waals surface area contributed by atoms with E-state index in [9.17, 15) is 4.79 Å². The van der Waals surface area contributed by atoms with Gasteiger partial charge in [-0.1, -0.05) is 12.8 Å². The second-order valence-corrected chi connectivity index (χ2v) is 4.49.